The number of benzene rings is 2. The molecule has 2 aromatic carbocycles. The first kappa shape index (κ1) is 21.3. The van der Waals surface area contributed by atoms with E-state index in [1.165, 1.54) is 11.3 Å². The maximum atomic E-state index is 13.0. The molecule has 1 unspecified atom stereocenters. The Balaban J connectivity index is 1.39. The summed E-state index contributed by atoms with van der Waals surface area (Å²) in [6, 6.07) is 14.2. The number of amides is 2. The number of nitrogens with one attached hydrogen (secondary N) is 1. The molecule has 1 aliphatic heterocycles. The number of para-hydroxylation sites is 2. The van der Waals surface area contributed by atoms with E-state index in [0.29, 0.717) is 41.7 Å². The molecule has 3 aromatic rings. The predicted molar refractivity (Wildman–Crippen MR) is 122 cm³/mol. The molecule has 1 N–H and O–H groups in total. The monoisotopic (exact) mass is 455 g/mol. The highest BCUT2D eigenvalue weighted by molar-refractivity contribution is 7.07. The van der Waals surface area contributed by atoms with Crippen molar-refractivity contribution in [2.75, 3.05) is 18.4 Å². The van der Waals surface area contributed by atoms with Crippen molar-refractivity contribution in [3.63, 3.8) is 0 Å². The van der Waals surface area contributed by atoms with Gasteiger partial charge in [0, 0.05) is 29.1 Å². The quantitative estimate of drug-likeness (QED) is 0.575. The molecule has 1 atom stereocenters. The molecule has 1 saturated heterocycles. The highest BCUT2D eigenvalue weighted by Gasteiger charge is 2.29. The third kappa shape index (κ3) is 5.42. The van der Waals surface area contributed by atoms with Crippen molar-refractivity contribution < 1.29 is 14.3 Å². The molecule has 0 spiro atoms. The van der Waals surface area contributed by atoms with Crippen LogP contribution in [0.4, 0.5) is 5.69 Å². The number of thiazole rings is 1. The minimum Gasteiger partial charge on any atom is -0.485 e. The topological polar surface area (TPSA) is 71.5 Å². The summed E-state index contributed by atoms with van der Waals surface area (Å²) >= 11 is 7.43. The van der Waals surface area contributed by atoms with Gasteiger partial charge in [-0.1, -0.05) is 23.7 Å². The van der Waals surface area contributed by atoms with Crippen LogP contribution < -0.4 is 10.1 Å². The summed E-state index contributed by atoms with van der Waals surface area (Å²) in [6.07, 6.45) is 1.51. The van der Waals surface area contributed by atoms with E-state index in [2.05, 4.69) is 10.3 Å². The maximum absolute atomic E-state index is 13.0. The first-order valence-corrected chi connectivity index (χ1v) is 11.4. The number of aromatic nitrogens is 1. The first-order valence-electron chi connectivity index (χ1n) is 10.0. The molecule has 4 rings (SSSR count). The van der Waals surface area contributed by atoms with Crippen molar-refractivity contribution >= 4 is 40.4 Å². The van der Waals surface area contributed by atoms with Crippen LogP contribution in [0.5, 0.6) is 5.75 Å². The van der Waals surface area contributed by atoms with Gasteiger partial charge in [-0.25, -0.2) is 4.98 Å². The summed E-state index contributed by atoms with van der Waals surface area (Å²) in [7, 11) is 0. The van der Waals surface area contributed by atoms with Crippen molar-refractivity contribution in [1.29, 1.82) is 0 Å². The van der Waals surface area contributed by atoms with Crippen molar-refractivity contribution in [3.8, 4) is 5.75 Å². The Kier molecular flexibility index (Phi) is 6.84. The van der Waals surface area contributed by atoms with Gasteiger partial charge in [0.2, 0.25) is 5.91 Å². The Labute approximate surface area is 189 Å². The van der Waals surface area contributed by atoms with Gasteiger partial charge in [0.1, 0.15) is 12.4 Å². The van der Waals surface area contributed by atoms with Crippen LogP contribution in [0.15, 0.2) is 59.4 Å². The fraction of sp³-hybridized carbons (Fsp3) is 0.261. The molecule has 2 heterocycles. The number of carbonyl (C=O) groups is 2. The lowest BCUT2D eigenvalue weighted by Crippen LogP contribution is -2.43. The number of nitrogens with zero attached hydrogens (tertiary/aromatic N) is 2. The summed E-state index contributed by atoms with van der Waals surface area (Å²) in [4.78, 5) is 31.7. The van der Waals surface area contributed by atoms with E-state index >= 15 is 0 Å². The smallest absolute Gasteiger partial charge is 0.253 e. The molecule has 1 aromatic heterocycles. The fourth-order valence-electron chi connectivity index (χ4n) is 3.54. The van der Waals surface area contributed by atoms with Gasteiger partial charge in [-0.15, -0.1) is 11.3 Å². The van der Waals surface area contributed by atoms with Gasteiger partial charge in [0.25, 0.3) is 5.91 Å². The maximum Gasteiger partial charge on any atom is 0.253 e. The van der Waals surface area contributed by atoms with E-state index in [0.717, 1.165) is 18.5 Å². The van der Waals surface area contributed by atoms with E-state index in [-0.39, 0.29) is 17.7 Å². The van der Waals surface area contributed by atoms with Gasteiger partial charge in [0.15, 0.2) is 0 Å². The summed E-state index contributed by atoms with van der Waals surface area (Å²) < 4.78 is 5.85. The van der Waals surface area contributed by atoms with Crippen LogP contribution in [0, 0.1) is 5.92 Å². The predicted octanol–water partition coefficient (Wildman–Crippen LogP) is 4.87. The molecular weight excluding hydrogens is 434 g/mol. The van der Waals surface area contributed by atoms with Crippen LogP contribution in [0.1, 0.15) is 28.9 Å². The van der Waals surface area contributed by atoms with E-state index in [4.69, 9.17) is 16.3 Å². The number of hydrogen-bond donors (Lipinski definition) is 1. The minimum absolute atomic E-state index is 0.0823. The lowest BCUT2D eigenvalue weighted by Gasteiger charge is -2.32. The number of halogens is 1. The van der Waals surface area contributed by atoms with Crippen LogP contribution in [-0.2, 0) is 11.4 Å². The summed E-state index contributed by atoms with van der Waals surface area (Å²) in [5, 5.41) is 5.49. The second-order valence-electron chi connectivity index (χ2n) is 7.35. The number of ether oxygens (including phenoxy) is 1. The highest BCUT2D eigenvalue weighted by atomic mass is 35.5. The number of rotatable bonds is 6. The van der Waals surface area contributed by atoms with E-state index in [9.17, 15) is 9.59 Å². The molecule has 6 nitrogen and oxygen atoms in total. The lowest BCUT2D eigenvalue weighted by atomic mass is 9.96. The molecule has 31 heavy (non-hydrogen) atoms. The van der Waals surface area contributed by atoms with E-state index in [1.54, 1.807) is 34.7 Å². The molecule has 160 valence electrons. The lowest BCUT2D eigenvalue weighted by molar-refractivity contribution is -0.121. The van der Waals surface area contributed by atoms with E-state index in [1.807, 2.05) is 29.6 Å². The Morgan fingerprint density at radius 2 is 2.00 bits per heavy atom. The second kappa shape index (κ2) is 9.94. The summed E-state index contributed by atoms with van der Waals surface area (Å²) in [6.45, 7) is 1.36. The number of carbonyl (C=O) groups excluding carboxylic acids is 2. The Hall–Kier alpha value is -2.90. The molecule has 0 bridgehead atoms. The second-order valence-corrected chi connectivity index (χ2v) is 8.51. The zero-order valence-electron chi connectivity index (χ0n) is 16.8. The van der Waals surface area contributed by atoms with Crippen LogP contribution in [0.3, 0.4) is 0 Å². The summed E-state index contributed by atoms with van der Waals surface area (Å²) in [5.74, 6) is 0.116. The highest BCUT2D eigenvalue weighted by Crippen LogP contribution is 2.27. The number of anilines is 1. The van der Waals surface area contributed by atoms with Gasteiger partial charge in [-0.3, -0.25) is 9.59 Å². The van der Waals surface area contributed by atoms with Gasteiger partial charge in [0.05, 0.1) is 22.8 Å². The fourth-order valence-corrected chi connectivity index (χ4v) is 4.21. The molecular formula is C23H22ClN3O3S. The van der Waals surface area contributed by atoms with Gasteiger partial charge >= 0.3 is 0 Å². The number of piperidine rings is 1. The zero-order valence-corrected chi connectivity index (χ0v) is 18.4. The standard InChI is InChI=1S/C23H22ClN3O3S/c24-18-9-7-16(8-10-18)23(29)27-11-3-4-17(12-27)22(28)26-20-5-1-2-6-21(20)30-13-19-14-31-15-25-19/h1-2,5-10,14-15,17H,3-4,11-13H2,(H,26,28). The van der Waals surface area contributed by atoms with Crippen molar-refractivity contribution in [3.05, 3.63) is 75.7 Å². The van der Waals surface area contributed by atoms with Gasteiger partial charge < -0.3 is 15.0 Å². The van der Waals surface area contributed by atoms with Crippen LogP contribution >= 0.6 is 22.9 Å². The molecule has 2 amide bonds. The Bertz CT molecular complexity index is 1040. The van der Waals surface area contributed by atoms with Gasteiger partial charge in [-0.2, -0.15) is 0 Å². The van der Waals surface area contributed by atoms with Crippen LogP contribution in [0.2, 0.25) is 5.02 Å². The van der Waals surface area contributed by atoms with Gasteiger partial charge in [-0.05, 0) is 49.2 Å². The SMILES string of the molecule is O=C(Nc1ccccc1OCc1cscn1)C1CCCN(C(=O)c2ccc(Cl)cc2)C1. The summed E-state index contributed by atoms with van der Waals surface area (Å²) in [5.41, 5.74) is 3.79. The molecule has 8 heteroatoms. The Morgan fingerprint density at radius 3 is 2.77 bits per heavy atom. The van der Waals surface area contributed by atoms with Crippen LogP contribution in [0.25, 0.3) is 0 Å². The number of hydrogen-bond acceptors (Lipinski definition) is 5. The normalized spacial score (nSPS) is 16.0. The molecule has 1 fully saturated rings. The van der Waals surface area contributed by atoms with Crippen LogP contribution in [-0.4, -0.2) is 34.8 Å². The third-order valence-corrected chi connectivity index (χ3v) is 6.06. The average Bonchev–Trinajstić information content (AvgIpc) is 3.32. The minimum atomic E-state index is -0.281. The largest absolute Gasteiger partial charge is 0.485 e. The average molecular weight is 456 g/mol. The third-order valence-electron chi connectivity index (χ3n) is 5.17. The molecule has 0 radical (unpaired) electrons. The number of likely N-dealkylation sites (tertiary alicyclic amines) is 1. The van der Waals surface area contributed by atoms with Crippen molar-refractivity contribution in [2.45, 2.75) is 19.4 Å². The zero-order chi connectivity index (χ0) is 21.6. The molecule has 0 saturated carbocycles. The van der Waals surface area contributed by atoms with Crippen molar-refractivity contribution in [1.82, 2.24) is 9.88 Å². The first-order chi connectivity index (χ1) is 15.1. The molecule has 0 aliphatic carbocycles. The van der Waals surface area contributed by atoms with Crippen molar-refractivity contribution in [2.24, 2.45) is 5.92 Å². The molecule has 1 aliphatic rings. The van der Waals surface area contributed by atoms with E-state index < -0.39 is 0 Å². The Morgan fingerprint density at radius 1 is 1.19 bits per heavy atom.